The van der Waals surface area contributed by atoms with Crippen molar-refractivity contribution in [2.45, 2.75) is 33.6 Å². The van der Waals surface area contributed by atoms with Crippen LogP contribution in [0.4, 0.5) is 0 Å². The lowest BCUT2D eigenvalue weighted by atomic mass is 10.1. The van der Waals surface area contributed by atoms with Gasteiger partial charge in [-0.25, -0.2) is 0 Å². The number of fused-ring (bicyclic) bond motifs is 1. The molecule has 8 nitrogen and oxygen atoms in total. The minimum atomic E-state index is -0.458. The molecule has 0 saturated heterocycles. The normalized spacial score (nSPS) is 16.1. The van der Waals surface area contributed by atoms with E-state index in [1.165, 1.54) is 27.9 Å². The molecule has 0 unspecified atom stereocenters. The van der Waals surface area contributed by atoms with Crippen LogP contribution in [-0.4, -0.2) is 47.3 Å². The third-order valence-electron chi connectivity index (χ3n) is 5.48. The molecule has 1 N–H and O–H groups in total. The van der Waals surface area contributed by atoms with E-state index in [1.807, 2.05) is 25.1 Å². The second kappa shape index (κ2) is 11.5. The number of nitrogens with one attached hydrogen (secondary N) is 1. The largest absolute Gasteiger partial charge is 0.493 e. The minimum absolute atomic E-state index is 0.00906. The van der Waals surface area contributed by atoms with Crippen LogP contribution in [-0.2, 0) is 11.2 Å². The fraction of sp³-hybridized carbons (Fsp3) is 0.308. The predicted octanol–water partition coefficient (Wildman–Crippen LogP) is 5.66. The predicted molar refractivity (Wildman–Crippen MR) is 153 cm³/mol. The van der Waals surface area contributed by atoms with Gasteiger partial charge in [0.15, 0.2) is 17.3 Å². The van der Waals surface area contributed by atoms with Crippen molar-refractivity contribution >= 4 is 62.4 Å². The van der Waals surface area contributed by atoms with Gasteiger partial charge in [0, 0.05) is 0 Å². The molecule has 0 saturated carbocycles. The quantitative estimate of drug-likeness (QED) is 0.222. The number of nitrogens with zero attached hydrogens (tertiary/aromatic N) is 3. The van der Waals surface area contributed by atoms with Crippen LogP contribution in [0.5, 0.6) is 17.2 Å². The van der Waals surface area contributed by atoms with Crippen LogP contribution < -0.4 is 14.2 Å². The third kappa shape index (κ3) is 5.75. The van der Waals surface area contributed by atoms with Crippen LogP contribution >= 0.6 is 34.4 Å². The lowest BCUT2D eigenvalue weighted by Gasteiger charge is -2.20. The highest BCUT2D eigenvalue weighted by Crippen LogP contribution is 2.35. The second-order valence-electron chi connectivity index (χ2n) is 8.11. The number of aliphatic imine (C=N–C) groups is 1. The van der Waals surface area contributed by atoms with Crippen molar-refractivity contribution in [1.29, 1.82) is 5.41 Å². The molecule has 0 atom stereocenters. The lowest BCUT2D eigenvalue weighted by molar-refractivity contribution is -0.114. The van der Waals surface area contributed by atoms with E-state index in [0.29, 0.717) is 41.9 Å². The van der Waals surface area contributed by atoms with Gasteiger partial charge in [-0.15, -0.1) is 0 Å². The van der Waals surface area contributed by atoms with Crippen LogP contribution in [0.15, 0.2) is 46.0 Å². The van der Waals surface area contributed by atoms with Crippen LogP contribution in [0.25, 0.3) is 6.08 Å². The summed E-state index contributed by atoms with van der Waals surface area (Å²) in [6.07, 6.45) is 3.30. The number of halogens is 1. The van der Waals surface area contributed by atoms with E-state index in [9.17, 15) is 4.79 Å². The number of thioether (sulfide) groups is 1. The first-order valence-electron chi connectivity index (χ1n) is 11.6. The molecule has 0 aromatic heterocycles. The van der Waals surface area contributed by atoms with E-state index in [-0.39, 0.29) is 11.4 Å². The van der Waals surface area contributed by atoms with Gasteiger partial charge in [0.2, 0.25) is 5.17 Å². The first-order valence-corrected chi connectivity index (χ1v) is 13.4. The highest BCUT2D eigenvalue weighted by molar-refractivity contribution is 14.1. The molecule has 0 spiro atoms. The van der Waals surface area contributed by atoms with Gasteiger partial charge in [-0.05, 0) is 101 Å². The number of methoxy groups -OCH3 is 1. The maximum absolute atomic E-state index is 12.6. The molecule has 0 radical (unpaired) electrons. The standard InChI is InChI=1S/C26H27IN4O4S/c1-5-16-9-15(3)10-18(11-16)34-7-8-35-23-20(27)13-17(14-21(23)33-4)12-19-24(28)31-26(29-25(19)32)36-22(6-2)30-31/h9-14,28H,5-8H2,1-4H3/b19-12-,28-24?. The first kappa shape index (κ1) is 26.2. The van der Waals surface area contributed by atoms with E-state index < -0.39 is 5.91 Å². The van der Waals surface area contributed by atoms with E-state index in [1.54, 1.807) is 19.3 Å². The van der Waals surface area contributed by atoms with E-state index in [0.717, 1.165) is 20.8 Å². The zero-order valence-corrected chi connectivity index (χ0v) is 23.5. The van der Waals surface area contributed by atoms with Gasteiger partial charge in [-0.2, -0.15) is 15.1 Å². The number of carbonyl (C=O) groups excluding carboxylic acids is 1. The smallest absolute Gasteiger partial charge is 0.283 e. The fourth-order valence-corrected chi connectivity index (χ4v) is 5.33. The number of benzene rings is 2. The summed E-state index contributed by atoms with van der Waals surface area (Å²) in [4.78, 5) is 16.8. The van der Waals surface area contributed by atoms with E-state index in [2.05, 4.69) is 52.6 Å². The number of ether oxygens (including phenoxy) is 3. The van der Waals surface area contributed by atoms with Gasteiger partial charge in [0.05, 0.1) is 16.3 Å². The first-order chi connectivity index (χ1) is 17.3. The summed E-state index contributed by atoms with van der Waals surface area (Å²) in [6.45, 7) is 6.88. The molecule has 188 valence electrons. The molecule has 0 fully saturated rings. The number of rotatable bonds is 9. The van der Waals surface area contributed by atoms with Crippen molar-refractivity contribution in [2.24, 2.45) is 10.1 Å². The van der Waals surface area contributed by atoms with Crippen molar-refractivity contribution in [2.75, 3.05) is 20.3 Å². The van der Waals surface area contributed by atoms with Crippen LogP contribution in [0.2, 0.25) is 0 Å². The van der Waals surface area contributed by atoms with Gasteiger partial charge in [-0.3, -0.25) is 10.2 Å². The summed E-state index contributed by atoms with van der Waals surface area (Å²) in [6, 6.07) is 9.86. The lowest BCUT2D eigenvalue weighted by Crippen LogP contribution is -2.35. The molecule has 1 amide bonds. The molecular weight excluding hydrogens is 591 g/mol. The highest BCUT2D eigenvalue weighted by atomic mass is 127. The van der Waals surface area contributed by atoms with Crippen LogP contribution in [0.1, 0.15) is 37.0 Å². The second-order valence-corrected chi connectivity index (χ2v) is 10.3. The van der Waals surface area contributed by atoms with Gasteiger partial charge in [0.1, 0.15) is 24.0 Å². The molecule has 2 heterocycles. The fourth-order valence-electron chi connectivity index (χ4n) is 3.72. The molecule has 2 aromatic rings. The van der Waals surface area contributed by atoms with E-state index in [4.69, 9.17) is 19.6 Å². The topological polar surface area (TPSA) is 96.6 Å². The minimum Gasteiger partial charge on any atom is -0.493 e. The Kier molecular flexibility index (Phi) is 8.35. The molecule has 0 aliphatic carbocycles. The van der Waals surface area contributed by atoms with E-state index >= 15 is 0 Å². The summed E-state index contributed by atoms with van der Waals surface area (Å²) in [5, 5.41) is 15.5. The molecule has 0 bridgehead atoms. The maximum atomic E-state index is 12.6. The third-order valence-corrected chi connectivity index (χ3v) is 7.33. The number of hydrogen-bond acceptors (Lipinski definition) is 7. The van der Waals surface area contributed by atoms with Gasteiger partial charge in [-0.1, -0.05) is 19.9 Å². The number of amides is 1. The van der Waals surface area contributed by atoms with Crippen molar-refractivity contribution in [3.8, 4) is 17.2 Å². The summed E-state index contributed by atoms with van der Waals surface area (Å²) in [5.74, 6) is 1.51. The Labute approximate surface area is 228 Å². The number of hydrazone groups is 1. The summed E-state index contributed by atoms with van der Waals surface area (Å²) in [7, 11) is 1.57. The molecule has 10 heteroatoms. The molecule has 2 aliphatic heterocycles. The summed E-state index contributed by atoms with van der Waals surface area (Å²) < 4.78 is 18.3. The average Bonchev–Trinajstić information content (AvgIpc) is 3.28. The van der Waals surface area contributed by atoms with Crippen molar-refractivity contribution in [3.05, 3.63) is 56.2 Å². The Balaban J connectivity index is 1.47. The van der Waals surface area contributed by atoms with Crippen LogP contribution in [0, 0.1) is 15.9 Å². The highest BCUT2D eigenvalue weighted by Gasteiger charge is 2.35. The van der Waals surface area contributed by atoms with Gasteiger partial charge >= 0.3 is 0 Å². The Hall–Kier alpha value is -2.86. The maximum Gasteiger partial charge on any atom is 0.283 e. The van der Waals surface area contributed by atoms with Crippen molar-refractivity contribution in [1.82, 2.24) is 5.01 Å². The molecule has 2 aliphatic rings. The Morgan fingerprint density at radius 3 is 2.61 bits per heavy atom. The van der Waals surface area contributed by atoms with Gasteiger partial charge < -0.3 is 14.2 Å². The van der Waals surface area contributed by atoms with Crippen molar-refractivity contribution in [3.63, 3.8) is 0 Å². The molecule has 4 rings (SSSR count). The van der Waals surface area contributed by atoms with Crippen molar-refractivity contribution < 1.29 is 19.0 Å². The zero-order chi connectivity index (χ0) is 25.8. The van der Waals surface area contributed by atoms with Gasteiger partial charge in [0.25, 0.3) is 5.91 Å². The molecular formula is C26H27IN4O4S. The summed E-state index contributed by atoms with van der Waals surface area (Å²) in [5.41, 5.74) is 3.27. The number of hydrogen-bond donors (Lipinski definition) is 1. The van der Waals surface area contributed by atoms with Crippen LogP contribution in [0.3, 0.4) is 0 Å². The average molecular weight is 618 g/mol. The Bertz CT molecular complexity index is 1310. The Morgan fingerprint density at radius 2 is 1.89 bits per heavy atom. The Morgan fingerprint density at radius 1 is 1.11 bits per heavy atom. The number of aryl methyl sites for hydroxylation is 2. The molecule has 2 aromatic carbocycles. The summed E-state index contributed by atoms with van der Waals surface area (Å²) >= 11 is 3.49. The number of carbonyl (C=O) groups is 1. The number of amidine groups is 2. The monoisotopic (exact) mass is 618 g/mol. The zero-order valence-electron chi connectivity index (χ0n) is 20.6. The molecule has 36 heavy (non-hydrogen) atoms. The SMILES string of the molecule is CCC1=NN2C(=N)/C(=C/c3cc(I)c(OCCOc4cc(C)cc(CC)c4)c(OC)c3)C(=O)N=C2S1.